The van der Waals surface area contributed by atoms with E-state index in [1.54, 1.807) is 18.0 Å². The lowest BCUT2D eigenvalue weighted by atomic mass is 10.1. The molecule has 0 heterocycles. The fourth-order valence-electron chi connectivity index (χ4n) is 1.83. The van der Waals surface area contributed by atoms with E-state index >= 15 is 0 Å². The average molecular weight is 262 g/mol. The Labute approximate surface area is 114 Å². The van der Waals surface area contributed by atoms with Crippen molar-refractivity contribution in [2.45, 2.75) is 25.9 Å². The number of rotatable bonds is 7. The first-order valence-electron chi connectivity index (χ1n) is 6.42. The van der Waals surface area contributed by atoms with Gasteiger partial charge in [0.1, 0.15) is 5.75 Å². The van der Waals surface area contributed by atoms with Crippen molar-refractivity contribution in [3.8, 4) is 5.75 Å². The summed E-state index contributed by atoms with van der Waals surface area (Å²) in [5.74, 6) is 0.716. The number of amides is 1. The third kappa shape index (κ3) is 4.41. The number of ether oxygens (including phenoxy) is 1. The molecule has 0 fully saturated rings. The molecular formula is C15H22N2O2. The van der Waals surface area contributed by atoms with Gasteiger partial charge in [-0.05, 0) is 19.4 Å². The Morgan fingerprint density at radius 2 is 2.21 bits per heavy atom. The highest BCUT2D eigenvalue weighted by molar-refractivity contribution is 5.81. The number of likely N-dealkylation sites (N-methyl/N-ethyl adjacent to an activating group) is 1. The Morgan fingerprint density at radius 1 is 1.53 bits per heavy atom. The Bertz CT molecular complexity index is 432. The van der Waals surface area contributed by atoms with Crippen molar-refractivity contribution >= 4 is 5.91 Å². The maximum atomic E-state index is 12.0. The first-order valence-corrected chi connectivity index (χ1v) is 6.42. The van der Waals surface area contributed by atoms with Gasteiger partial charge >= 0.3 is 0 Å². The van der Waals surface area contributed by atoms with E-state index in [1.807, 2.05) is 31.2 Å². The van der Waals surface area contributed by atoms with Crippen LogP contribution >= 0.6 is 0 Å². The molecule has 0 saturated heterocycles. The summed E-state index contributed by atoms with van der Waals surface area (Å²) in [5, 5.41) is 0. The van der Waals surface area contributed by atoms with Crippen LogP contribution in [0.1, 0.15) is 18.9 Å². The summed E-state index contributed by atoms with van der Waals surface area (Å²) in [6.07, 6.45) is 2.14. The maximum Gasteiger partial charge on any atom is 0.239 e. The molecule has 0 aliphatic heterocycles. The molecule has 1 aromatic carbocycles. The van der Waals surface area contributed by atoms with E-state index in [2.05, 4.69) is 6.58 Å². The van der Waals surface area contributed by atoms with Crippen LogP contribution in [0.4, 0.5) is 0 Å². The molecule has 0 bridgehead atoms. The molecule has 1 amide bonds. The number of carbonyl (C=O) groups excluding carboxylic acids is 1. The van der Waals surface area contributed by atoms with Crippen LogP contribution < -0.4 is 10.5 Å². The zero-order chi connectivity index (χ0) is 14.3. The number of hydrogen-bond donors (Lipinski definition) is 1. The number of benzene rings is 1. The molecule has 4 nitrogen and oxygen atoms in total. The highest BCUT2D eigenvalue weighted by Gasteiger charge is 2.17. The van der Waals surface area contributed by atoms with Gasteiger partial charge in [-0.15, -0.1) is 6.58 Å². The van der Waals surface area contributed by atoms with Crippen molar-refractivity contribution < 1.29 is 9.53 Å². The lowest BCUT2D eigenvalue weighted by molar-refractivity contribution is -0.131. The van der Waals surface area contributed by atoms with Gasteiger partial charge in [0.15, 0.2) is 0 Å². The van der Waals surface area contributed by atoms with E-state index in [0.717, 1.165) is 11.3 Å². The van der Waals surface area contributed by atoms with Crippen molar-refractivity contribution in [1.82, 2.24) is 4.90 Å². The lowest BCUT2D eigenvalue weighted by Gasteiger charge is -2.22. The number of para-hydroxylation sites is 1. The van der Waals surface area contributed by atoms with Gasteiger partial charge in [-0.3, -0.25) is 4.79 Å². The quantitative estimate of drug-likeness (QED) is 0.764. The molecule has 104 valence electrons. The standard InChI is InChI=1S/C15H22N2O2/c1-4-8-13(16)15(18)17(3)11-12-9-6-7-10-14(12)19-5-2/h4,6-7,9-10,13H,1,5,8,11,16H2,2-3H3. The molecule has 1 rings (SSSR count). The molecule has 0 aliphatic rings. The van der Waals surface area contributed by atoms with Gasteiger partial charge < -0.3 is 15.4 Å². The van der Waals surface area contributed by atoms with E-state index in [4.69, 9.17) is 10.5 Å². The average Bonchev–Trinajstić information content (AvgIpc) is 2.40. The van der Waals surface area contributed by atoms with Gasteiger partial charge in [0.25, 0.3) is 0 Å². The fourth-order valence-corrected chi connectivity index (χ4v) is 1.83. The van der Waals surface area contributed by atoms with E-state index < -0.39 is 6.04 Å². The monoisotopic (exact) mass is 262 g/mol. The second-order valence-corrected chi connectivity index (χ2v) is 4.37. The minimum atomic E-state index is -0.526. The van der Waals surface area contributed by atoms with Crippen LogP contribution in [0.15, 0.2) is 36.9 Å². The molecule has 1 aromatic rings. The third-order valence-electron chi connectivity index (χ3n) is 2.79. The lowest BCUT2D eigenvalue weighted by Crippen LogP contribution is -2.41. The second kappa shape index (κ2) is 7.59. The highest BCUT2D eigenvalue weighted by atomic mass is 16.5. The van der Waals surface area contributed by atoms with Crippen LogP contribution in [0.2, 0.25) is 0 Å². The zero-order valence-electron chi connectivity index (χ0n) is 11.6. The van der Waals surface area contributed by atoms with Crippen molar-refractivity contribution in [2.75, 3.05) is 13.7 Å². The molecule has 2 N–H and O–H groups in total. The van der Waals surface area contributed by atoms with E-state index in [1.165, 1.54) is 0 Å². The molecule has 19 heavy (non-hydrogen) atoms. The van der Waals surface area contributed by atoms with Crippen molar-refractivity contribution in [3.63, 3.8) is 0 Å². The molecule has 4 heteroatoms. The van der Waals surface area contributed by atoms with Gasteiger partial charge in [0.05, 0.1) is 12.6 Å². The van der Waals surface area contributed by atoms with Gasteiger partial charge in [0.2, 0.25) is 5.91 Å². The Kier molecular flexibility index (Phi) is 6.09. The van der Waals surface area contributed by atoms with Crippen LogP contribution in [0.5, 0.6) is 5.75 Å². The number of nitrogens with two attached hydrogens (primary N) is 1. The van der Waals surface area contributed by atoms with Gasteiger partial charge in [0, 0.05) is 19.2 Å². The fraction of sp³-hybridized carbons (Fsp3) is 0.400. The van der Waals surface area contributed by atoms with Gasteiger partial charge in [-0.1, -0.05) is 24.3 Å². The van der Waals surface area contributed by atoms with Crippen LogP contribution in [-0.2, 0) is 11.3 Å². The van der Waals surface area contributed by atoms with Crippen LogP contribution in [0.3, 0.4) is 0 Å². The predicted molar refractivity (Wildman–Crippen MR) is 76.9 cm³/mol. The summed E-state index contributed by atoms with van der Waals surface area (Å²) in [7, 11) is 1.74. The molecule has 1 unspecified atom stereocenters. The minimum Gasteiger partial charge on any atom is -0.494 e. The zero-order valence-corrected chi connectivity index (χ0v) is 11.6. The van der Waals surface area contributed by atoms with Crippen molar-refractivity contribution in [1.29, 1.82) is 0 Å². The van der Waals surface area contributed by atoms with E-state index in [9.17, 15) is 4.79 Å². The normalized spacial score (nSPS) is 11.7. The topological polar surface area (TPSA) is 55.6 Å². The summed E-state index contributed by atoms with van der Waals surface area (Å²) in [6, 6.07) is 7.18. The molecule has 1 atom stereocenters. The van der Waals surface area contributed by atoms with Gasteiger partial charge in [-0.2, -0.15) is 0 Å². The Morgan fingerprint density at radius 3 is 2.84 bits per heavy atom. The van der Waals surface area contributed by atoms with E-state index in [0.29, 0.717) is 19.6 Å². The first-order chi connectivity index (χ1) is 9.10. The summed E-state index contributed by atoms with van der Waals surface area (Å²) < 4.78 is 5.54. The van der Waals surface area contributed by atoms with Crippen LogP contribution in [0, 0.1) is 0 Å². The van der Waals surface area contributed by atoms with E-state index in [-0.39, 0.29) is 5.91 Å². The number of hydrogen-bond acceptors (Lipinski definition) is 3. The van der Waals surface area contributed by atoms with Crippen LogP contribution in [0.25, 0.3) is 0 Å². The summed E-state index contributed by atoms with van der Waals surface area (Å²) in [6.45, 7) is 6.62. The summed E-state index contributed by atoms with van der Waals surface area (Å²) in [5.41, 5.74) is 6.76. The summed E-state index contributed by atoms with van der Waals surface area (Å²) >= 11 is 0. The summed E-state index contributed by atoms with van der Waals surface area (Å²) in [4.78, 5) is 13.6. The SMILES string of the molecule is C=CCC(N)C(=O)N(C)Cc1ccccc1OCC. The molecule has 0 aliphatic carbocycles. The van der Waals surface area contributed by atoms with Crippen molar-refractivity contribution in [3.05, 3.63) is 42.5 Å². The molecule has 0 saturated carbocycles. The first kappa shape index (κ1) is 15.2. The Hall–Kier alpha value is -1.81. The molecule has 0 aromatic heterocycles. The largest absolute Gasteiger partial charge is 0.494 e. The Balaban J connectivity index is 2.73. The molecule has 0 spiro atoms. The number of nitrogens with zero attached hydrogens (tertiary/aromatic N) is 1. The van der Waals surface area contributed by atoms with Crippen LogP contribution in [-0.4, -0.2) is 30.5 Å². The second-order valence-electron chi connectivity index (χ2n) is 4.37. The predicted octanol–water partition coefficient (Wildman–Crippen LogP) is 1.95. The minimum absolute atomic E-state index is 0.0915. The third-order valence-corrected chi connectivity index (χ3v) is 2.79. The van der Waals surface area contributed by atoms with Gasteiger partial charge in [-0.25, -0.2) is 0 Å². The molecule has 0 radical (unpaired) electrons. The van der Waals surface area contributed by atoms with Crippen molar-refractivity contribution in [2.24, 2.45) is 5.73 Å². The molecular weight excluding hydrogens is 240 g/mol. The smallest absolute Gasteiger partial charge is 0.239 e. The maximum absolute atomic E-state index is 12.0. The number of carbonyl (C=O) groups is 1. The highest BCUT2D eigenvalue weighted by Crippen LogP contribution is 2.19.